The van der Waals surface area contributed by atoms with Gasteiger partial charge in [0.1, 0.15) is 12.4 Å². The van der Waals surface area contributed by atoms with Crippen molar-refractivity contribution >= 4 is 24.6 Å². The van der Waals surface area contributed by atoms with Gasteiger partial charge in [0.2, 0.25) is 0 Å². The summed E-state index contributed by atoms with van der Waals surface area (Å²) in [4.78, 5) is 28.9. The second-order valence-electron chi connectivity index (χ2n) is 9.84. The van der Waals surface area contributed by atoms with Gasteiger partial charge in [-0.15, -0.1) is 0 Å². The first-order valence-corrected chi connectivity index (χ1v) is 12.4. The summed E-state index contributed by atoms with van der Waals surface area (Å²) in [6.07, 6.45) is -2.66. The summed E-state index contributed by atoms with van der Waals surface area (Å²) in [6, 6.07) is 16.5. The molecule has 1 saturated heterocycles. The molecule has 1 fully saturated rings. The second kappa shape index (κ2) is 11.3. The van der Waals surface area contributed by atoms with Crippen LogP contribution in [0.4, 0.5) is 17.6 Å². The molecule has 1 aliphatic heterocycles. The van der Waals surface area contributed by atoms with E-state index in [9.17, 15) is 27.2 Å². The first-order valence-electron chi connectivity index (χ1n) is 12.4. The Labute approximate surface area is 224 Å². The lowest BCUT2D eigenvalue weighted by Crippen LogP contribution is -2.53. The van der Waals surface area contributed by atoms with Crippen LogP contribution in [-0.2, 0) is 0 Å². The van der Waals surface area contributed by atoms with E-state index in [-0.39, 0.29) is 23.2 Å². The van der Waals surface area contributed by atoms with Gasteiger partial charge in [-0.25, -0.2) is 4.39 Å². The van der Waals surface area contributed by atoms with Crippen molar-refractivity contribution < 1.29 is 27.2 Å². The Morgan fingerprint density at radius 1 is 1.03 bits per heavy atom. The third kappa shape index (κ3) is 6.85. The van der Waals surface area contributed by atoms with Crippen LogP contribution >= 0.6 is 0 Å². The molecule has 3 aromatic rings. The molecule has 1 aliphatic rings. The van der Waals surface area contributed by atoms with Gasteiger partial charge in [0.25, 0.3) is 11.8 Å². The van der Waals surface area contributed by atoms with E-state index >= 15 is 0 Å². The fraction of sp³-hybridized carbons (Fsp3) is 0.267. The molecule has 2 amide bonds. The molecule has 0 bridgehead atoms. The Bertz CT molecular complexity index is 1460. The van der Waals surface area contributed by atoms with Gasteiger partial charge in [0.15, 0.2) is 0 Å². The van der Waals surface area contributed by atoms with Gasteiger partial charge < -0.3 is 15.1 Å². The van der Waals surface area contributed by atoms with Crippen molar-refractivity contribution in [2.75, 3.05) is 33.2 Å². The molecule has 5 nitrogen and oxygen atoms in total. The van der Waals surface area contributed by atoms with Crippen LogP contribution in [-0.4, -0.2) is 61.0 Å². The lowest BCUT2D eigenvalue weighted by Gasteiger charge is -2.41. The van der Waals surface area contributed by atoms with Crippen molar-refractivity contribution in [3.63, 3.8) is 0 Å². The van der Waals surface area contributed by atoms with Crippen molar-refractivity contribution in [2.45, 2.75) is 13.1 Å². The van der Waals surface area contributed by atoms with Crippen molar-refractivity contribution in [2.24, 2.45) is 5.92 Å². The third-order valence-electron chi connectivity index (χ3n) is 6.75. The van der Waals surface area contributed by atoms with E-state index in [4.69, 9.17) is 0 Å². The molecule has 1 heterocycles. The van der Waals surface area contributed by atoms with Crippen LogP contribution in [0.5, 0.6) is 0 Å². The maximum Gasteiger partial charge on any atom is 0.405 e. The molecule has 0 unspecified atom stereocenters. The number of nitrogens with one attached hydrogen (secondary N) is 1. The number of halogens is 4. The lowest BCUT2D eigenvalue weighted by molar-refractivity contribution is -0.123. The van der Waals surface area contributed by atoms with Crippen LogP contribution in [0.15, 0.2) is 60.7 Å². The lowest BCUT2D eigenvalue weighted by atomic mass is 9.97. The Kier molecular flexibility index (Phi) is 8.09. The second-order valence-corrected chi connectivity index (χ2v) is 9.84. The van der Waals surface area contributed by atoms with Crippen LogP contribution in [0, 0.1) is 18.7 Å². The summed E-state index contributed by atoms with van der Waals surface area (Å²) < 4.78 is 50.7. The molecule has 39 heavy (non-hydrogen) atoms. The summed E-state index contributed by atoms with van der Waals surface area (Å²) in [5, 5.41) is 3.24. The Morgan fingerprint density at radius 3 is 2.21 bits per heavy atom. The highest BCUT2D eigenvalue weighted by molar-refractivity contribution is 5.96. The number of alkyl halides is 3. The van der Waals surface area contributed by atoms with E-state index in [1.165, 1.54) is 18.2 Å². The van der Waals surface area contributed by atoms with Crippen LogP contribution < -0.4 is 15.8 Å². The monoisotopic (exact) mass is 539 g/mol. The number of hydrogen-bond acceptors (Lipinski definition) is 3. The smallest absolute Gasteiger partial charge is 0.380 e. The van der Waals surface area contributed by atoms with Crippen molar-refractivity contribution in [3.05, 3.63) is 93.6 Å². The molecule has 3 aromatic carbocycles. The number of likely N-dealkylation sites (tertiary alicyclic amines) is 1. The number of carbonyl (C=O) groups excluding carboxylic acids is 2. The average Bonchev–Trinajstić information content (AvgIpc) is 2.87. The molecule has 4 rings (SSSR count). The quantitative estimate of drug-likeness (QED) is 0.463. The van der Waals surface area contributed by atoms with Crippen LogP contribution in [0.2, 0.25) is 0 Å². The van der Waals surface area contributed by atoms with Crippen molar-refractivity contribution in [1.82, 2.24) is 15.1 Å². The van der Waals surface area contributed by atoms with Gasteiger partial charge in [-0.1, -0.05) is 36.9 Å². The zero-order valence-electron chi connectivity index (χ0n) is 21.7. The number of amides is 2. The van der Waals surface area contributed by atoms with Gasteiger partial charge in [-0.05, 0) is 59.2 Å². The highest BCUT2D eigenvalue weighted by Crippen LogP contribution is 2.23. The van der Waals surface area contributed by atoms with Gasteiger partial charge >= 0.3 is 6.18 Å². The molecule has 9 heteroatoms. The number of benzene rings is 3. The molecular weight excluding hydrogens is 510 g/mol. The molecule has 0 saturated carbocycles. The first kappa shape index (κ1) is 27.9. The normalized spacial score (nSPS) is 14.2. The van der Waals surface area contributed by atoms with Crippen LogP contribution in [0.3, 0.4) is 0 Å². The van der Waals surface area contributed by atoms with E-state index in [1.54, 1.807) is 42.2 Å². The molecule has 0 spiro atoms. The summed E-state index contributed by atoms with van der Waals surface area (Å²) in [6.45, 7) is 6.11. The largest absolute Gasteiger partial charge is 0.405 e. The van der Waals surface area contributed by atoms with E-state index in [2.05, 4.69) is 6.58 Å². The highest BCUT2D eigenvalue weighted by Gasteiger charge is 2.31. The summed E-state index contributed by atoms with van der Waals surface area (Å²) >= 11 is 0. The number of rotatable bonds is 7. The third-order valence-corrected chi connectivity index (χ3v) is 6.75. The van der Waals surface area contributed by atoms with Gasteiger partial charge in [-0.2, -0.15) is 13.2 Å². The summed E-state index contributed by atoms with van der Waals surface area (Å²) in [5.41, 5.74) is 3.05. The average molecular weight is 540 g/mol. The Balaban J connectivity index is 1.35. The van der Waals surface area contributed by atoms with Crippen LogP contribution in [0.25, 0.3) is 23.9 Å². The predicted octanol–water partition coefficient (Wildman–Crippen LogP) is 3.95. The minimum absolute atomic E-state index is 0.0583. The van der Waals surface area contributed by atoms with Crippen molar-refractivity contribution in [1.29, 1.82) is 0 Å². The molecule has 0 atom stereocenters. The summed E-state index contributed by atoms with van der Waals surface area (Å²) in [5.74, 6) is -0.914. The zero-order valence-corrected chi connectivity index (χ0v) is 21.7. The maximum absolute atomic E-state index is 13.2. The number of nitrogens with zero attached hydrogens (tertiary/aromatic N) is 2. The standard InChI is InChI=1S/C30H29F4N3O2/c1-19-4-13-26(28(38)35-18-30(32,33)34)20(2)27(19)17-36(3)14-21-15-37(16-21)29(39)24-7-5-22(6-8-24)23-9-11-25(31)12-10-23/h4-13,17,21H,1,14-16,18H2,2-3H3,(H,35,38)/b27-17+. The minimum Gasteiger partial charge on any atom is -0.380 e. The molecule has 1 N–H and O–H groups in total. The van der Waals surface area contributed by atoms with E-state index < -0.39 is 18.6 Å². The maximum atomic E-state index is 13.2. The first-order chi connectivity index (χ1) is 18.4. The fourth-order valence-corrected chi connectivity index (χ4v) is 4.65. The van der Waals surface area contributed by atoms with Crippen LogP contribution in [0.1, 0.15) is 26.3 Å². The van der Waals surface area contributed by atoms with E-state index in [1.807, 2.05) is 35.6 Å². The van der Waals surface area contributed by atoms with E-state index in [0.29, 0.717) is 41.2 Å². The number of hydrogen-bond donors (Lipinski definition) is 1. The molecule has 204 valence electrons. The van der Waals surface area contributed by atoms with E-state index in [0.717, 1.165) is 11.1 Å². The fourth-order valence-electron chi connectivity index (χ4n) is 4.65. The van der Waals surface area contributed by atoms with Gasteiger partial charge in [0, 0.05) is 55.1 Å². The SMILES string of the molecule is C=c1ccc(C(=O)NCC(F)(F)F)c(C)/c1=C/N(C)CC1CN(C(=O)c2ccc(-c3ccc(F)cc3)cc2)C1. The topological polar surface area (TPSA) is 52.7 Å². The summed E-state index contributed by atoms with van der Waals surface area (Å²) in [7, 11) is 1.87. The van der Waals surface area contributed by atoms with Crippen molar-refractivity contribution in [3.8, 4) is 11.1 Å². The molecular formula is C30H29F4N3O2. The predicted molar refractivity (Wildman–Crippen MR) is 143 cm³/mol. The molecule has 0 aliphatic carbocycles. The Morgan fingerprint density at radius 2 is 1.62 bits per heavy atom. The van der Waals surface area contributed by atoms with Gasteiger partial charge in [-0.3, -0.25) is 9.59 Å². The molecule has 0 aromatic heterocycles. The van der Waals surface area contributed by atoms with Gasteiger partial charge in [0.05, 0.1) is 0 Å². The Hall–Kier alpha value is -4.14. The molecule has 0 radical (unpaired) electrons. The minimum atomic E-state index is -4.49. The zero-order chi connectivity index (χ0) is 28.3. The highest BCUT2D eigenvalue weighted by atomic mass is 19.4. The number of carbonyl (C=O) groups is 2.